The van der Waals surface area contributed by atoms with Gasteiger partial charge in [-0.3, -0.25) is 4.79 Å². The quantitative estimate of drug-likeness (QED) is 0.0474. The van der Waals surface area contributed by atoms with Gasteiger partial charge in [0.05, 0.1) is 6.61 Å². The number of aliphatic hydroxyl groups excluding tert-OH is 2. The Morgan fingerprint density at radius 2 is 1.05 bits per heavy atom. The fourth-order valence-corrected chi connectivity index (χ4v) is 5.18. The lowest BCUT2D eigenvalue weighted by molar-refractivity contribution is -0.157. The minimum atomic E-state index is -0.984. The Morgan fingerprint density at radius 3 is 1.51 bits per heavy atom. The Labute approximate surface area is 255 Å². The van der Waals surface area contributed by atoms with E-state index in [-0.39, 0.29) is 12.6 Å². The molecule has 0 fully saturated rings. The van der Waals surface area contributed by atoms with Crippen LogP contribution in [0.15, 0.2) is 24.3 Å². The molecule has 0 aliphatic rings. The van der Waals surface area contributed by atoms with E-state index in [2.05, 4.69) is 38.2 Å². The molecule has 2 atom stereocenters. The van der Waals surface area contributed by atoms with Crippen molar-refractivity contribution in [2.45, 2.75) is 192 Å². The third-order valence-corrected chi connectivity index (χ3v) is 7.94. The first-order chi connectivity index (χ1) is 20.2. The first-order valence-electron chi connectivity index (χ1n) is 17.7. The van der Waals surface area contributed by atoms with Gasteiger partial charge >= 0.3 is 5.97 Å². The number of carbonyl (C=O) groups is 1. The minimum Gasteiger partial charge on any atom is -0.460 e. The summed E-state index contributed by atoms with van der Waals surface area (Å²) >= 11 is 0. The van der Waals surface area contributed by atoms with E-state index in [1.807, 2.05) is 0 Å². The Hall–Kier alpha value is -1.13. The maximum atomic E-state index is 12.3. The van der Waals surface area contributed by atoms with Gasteiger partial charge in [-0.25, -0.2) is 0 Å². The third kappa shape index (κ3) is 30.1. The molecule has 0 aliphatic carbocycles. The van der Waals surface area contributed by atoms with E-state index in [9.17, 15) is 15.0 Å². The summed E-state index contributed by atoms with van der Waals surface area (Å²) in [5.41, 5.74) is 0. The van der Waals surface area contributed by atoms with Crippen molar-refractivity contribution in [2.75, 3.05) is 6.61 Å². The summed E-state index contributed by atoms with van der Waals surface area (Å²) < 4.78 is 5.57. The molecule has 0 aromatic heterocycles. The molecule has 0 aromatic carbocycles. The number of hydrogen-bond acceptors (Lipinski definition) is 4. The number of carbonyl (C=O) groups excluding carboxylic acids is 1. The second kappa shape index (κ2) is 33.4. The molecule has 4 nitrogen and oxygen atoms in total. The number of aliphatic hydroxyl groups is 2. The summed E-state index contributed by atoms with van der Waals surface area (Å²) in [4.78, 5) is 12.3. The van der Waals surface area contributed by atoms with Crippen molar-refractivity contribution in [3.05, 3.63) is 31.2 Å². The van der Waals surface area contributed by atoms with Crippen LogP contribution in [-0.4, -0.2) is 35.0 Å². The van der Waals surface area contributed by atoms with Crippen LogP contribution in [0.4, 0.5) is 0 Å². The average Bonchev–Trinajstić information content (AvgIpc) is 2.98. The zero-order valence-corrected chi connectivity index (χ0v) is 27.2. The lowest BCUT2D eigenvalue weighted by Crippen LogP contribution is -2.34. The number of unbranched alkanes of at least 4 members (excludes halogenated alkanes) is 21. The van der Waals surface area contributed by atoms with E-state index in [1.54, 1.807) is 0 Å². The predicted molar refractivity (Wildman–Crippen MR) is 177 cm³/mol. The summed E-state index contributed by atoms with van der Waals surface area (Å²) in [6.07, 6.45) is 38.9. The van der Waals surface area contributed by atoms with Crippen molar-refractivity contribution in [1.29, 1.82) is 0 Å². The highest BCUT2D eigenvalue weighted by molar-refractivity contribution is 5.69. The fraction of sp³-hybridized carbons (Fsp3) is 0.838. The summed E-state index contributed by atoms with van der Waals surface area (Å²) in [7, 11) is 0. The van der Waals surface area contributed by atoms with Crippen LogP contribution in [0, 0.1) is 6.92 Å². The summed E-state index contributed by atoms with van der Waals surface area (Å²) in [5.74, 6) is -0.238. The van der Waals surface area contributed by atoms with Gasteiger partial charge in [-0.2, -0.15) is 0 Å². The standard InChI is InChI=1S/C37H69O4/c1-3-5-7-9-11-13-15-17-18-19-21-22-24-26-28-30-32-36(35(39)34-38)41-37(40)33-31-29-27-25-23-20-16-14-12-10-8-6-4-2/h11,13-14,16,35-36,38-39H,1,3-10,12,15,17-34H2,2H3/b13-11-,16-14-. The van der Waals surface area contributed by atoms with Gasteiger partial charge in [-0.1, -0.05) is 134 Å². The number of ether oxygens (including phenoxy) is 1. The average molecular weight is 578 g/mol. The van der Waals surface area contributed by atoms with E-state index in [4.69, 9.17) is 4.74 Å². The molecule has 0 amide bonds. The zero-order chi connectivity index (χ0) is 30.1. The van der Waals surface area contributed by atoms with E-state index >= 15 is 0 Å². The van der Waals surface area contributed by atoms with Gasteiger partial charge in [0.15, 0.2) is 0 Å². The normalized spacial score (nSPS) is 13.4. The molecule has 0 rings (SSSR count). The van der Waals surface area contributed by atoms with Crippen LogP contribution in [0.25, 0.3) is 0 Å². The van der Waals surface area contributed by atoms with Gasteiger partial charge in [0.25, 0.3) is 0 Å². The van der Waals surface area contributed by atoms with Crippen LogP contribution in [0.2, 0.25) is 0 Å². The molecule has 0 spiro atoms. The minimum absolute atomic E-state index is 0.238. The maximum Gasteiger partial charge on any atom is 0.306 e. The third-order valence-electron chi connectivity index (χ3n) is 7.94. The Bertz CT molecular complexity index is 585. The number of esters is 1. The monoisotopic (exact) mass is 578 g/mol. The molecular formula is C37H69O4. The van der Waals surface area contributed by atoms with Crippen molar-refractivity contribution >= 4 is 5.97 Å². The molecule has 2 N–H and O–H groups in total. The van der Waals surface area contributed by atoms with E-state index in [1.165, 1.54) is 116 Å². The summed E-state index contributed by atoms with van der Waals surface area (Å²) in [5, 5.41) is 19.5. The van der Waals surface area contributed by atoms with Crippen LogP contribution in [0.1, 0.15) is 180 Å². The number of allylic oxidation sites excluding steroid dienone is 4. The lowest BCUT2D eigenvalue weighted by Gasteiger charge is -2.22. The molecule has 0 aliphatic heterocycles. The number of hydrogen-bond donors (Lipinski definition) is 2. The van der Waals surface area contributed by atoms with Crippen LogP contribution in [0.5, 0.6) is 0 Å². The van der Waals surface area contributed by atoms with Gasteiger partial charge in [-0.15, -0.1) is 0 Å². The molecule has 0 saturated heterocycles. The largest absolute Gasteiger partial charge is 0.460 e. The smallest absolute Gasteiger partial charge is 0.306 e. The van der Waals surface area contributed by atoms with Gasteiger partial charge in [-0.05, 0) is 70.6 Å². The predicted octanol–water partition coefficient (Wildman–Crippen LogP) is 10.8. The van der Waals surface area contributed by atoms with Gasteiger partial charge in [0.1, 0.15) is 12.2 Å². The fourth-order valence-electron chi connectivity index (χ4n) is 5.18. The second-order valence-electron chi connectivity index (χ2n) is 12.0. The molecular weight excluding hydrogens is 508 g/mol. The Balaban J connectivity index is 3.70. The highest BCUT2D eigenvalue weighted by atomic mass is 16.6. The van der Waals surface area contributed by atoms with E-state index < -0.39 is 12.2 Å². The highest BCUT2D eigenvalue weighted by Crippen LogP contribution is 2.16. The first-order valence-corrected chi connectivity index (χ1v) is 17.7. The molecule has 41 heavy (non-hydrogen) atoms. The van der Waals surface area contributed by atoms with Crippen LogP contribution >= 0.6 is 0 Å². The molecule has 0 heterocycles. The van der Waals surface area contributed by atoms with Gasteiger partial charge in [0.2, 0.25) is 0 Å². The molecule has 4 heteroatoms. The lowest BCUT2D eigenvalue weighted by atomic mass is 10.0. The molecule has 0 bridgehead atoms. The van der Waals surface area contributed by atoms with Crippen LogP contribution < -0.4 is 0 Å². The Kier molecular flexibility index (Phi) is 32.5. The topological polar surface area (TPSA) is 66.8 Å². The first kappa shape index (κ1) is 39.9. The molecule has 241 valence electrons. The van der Waals surface area contributed by atoms with Crippen molar-refractivity contribution in [3.63, 3.8) is 0 Å². The molecule has 0 aromatic rings. The van der Waals surface area contributed by atoms with Crippen molar-refractivity contribution in [1.82, 2.24) is 0 Å². The Morgan fingerprint density at radius 1 is 0.634 bits per heavy atom. The summed E-state index contributed by atoms with van der Waals surface area (Å²) in [6.45, 7) is 5.77. The van der Waals surface area contributed by atoms with Crippen molar-refractivity contribution < 1.29 is 19.7 Å². The maximum absolute atomic E-state index is 12.3. The molecule has 0 saturated carbocycles. The summed E-state index contributed by atoms with van der Waals surface area (Å²) in [6, 6.07) is 0. The van der Waals surface area contributed by atoms with Gasteiger partial charge in [0, 0.05) is 6.42 Å². The number of rotatable bonds is 32. The van der Waals surface area contributed by atoms with Crippen LogP contribution in [-0.2, 0) is 9.53 Å². The van der Waals surface area contributed by atoms with Crippen molar-refractivity contribution in [2.24, 2.45) is 0 Å². The highest BCUT2D eigenvalue weighted by Gasteiger charge is 2.22. The molecule has 2 unspecified atom stereocenters. The SMILES string of the molecule is [CH2]CCCC/C=C\CCCCCCCCCCCC(OC(=O)CCCCCCC/C=C\CCCCCC)C(O)CO. The molecule has 1 radical (unpaired) electrons. The second-order valence-corrected chi connectivity index (χ2v) is 12.0. The van der Waals surface area contributed by atoms with E-state index in [0.717, 1.165) is 44.9 Å². The zero-order valence-electron chi connectivity index (χ0n) is 27.2. The van der Waals surface area contributed by atoms with Crippen molar-refractivity contribution in [3.8, 4) is 0 Å². The van der Waals surface area contributed by atoms with Crippen LogP contribution in [0.3, 0.4) is 0 Å². The van der Waals surface area contributed by atoms with E-state index in [0.29, 0.717) is 12.8 Å². The van der Waals surface area contributed by atoms with Gasteiger partial charge < -0.3 is 14.9 Å².